The van der Waals surface area contributed by atoms with E-state index in [2.05, 4.69) is 41.2 Å². The maximum atomic E-state index is 11.1. The van der Waals surface area contributed by atoms with Gasteiger partial charge in [0.25, 0.3) is 5.69 Å². The molecule has 2 aliphatic heterocycles. The lowest BCUT2D eigenvalue weighted by atomic mass is 9.91. The fourth-order valence-corrected chi connectivity index (χ4v) is 6.74. The van der Waals surface area contributed by atoms with Crippen LogP contribution in [0.4, 0.5) is 17.1 Å². The van der Waals surface area contributed by atoms with Gasteiger partial charge in [-0.3, -0.25) is 15.1 Å². The van der Waals surface area contributed by atoms with Gasteiger partial charge in [0.2, 0.25) is 0 Å². The van der Waals surface area contributed by atoms with E-state index >= 15 is 0 Å². The van der Waals surface area contributed by atoms with Crippen LogP contribution < -0.4 is 15.1 Å². The van der Waals surface area contributed by atoms with Crippen molar-refractivity contribution in [1.82, 2.24) is 10.3 Å². The summed E-state index contributed by atoms with van der Waals surface area (Å²) < 4.78 is 6.40. The summed E-state index contributed by atoms with van der Waals surface area (Å²) in [6, 6.07) is 21.4. The Morgan fingerprint density at radius 2 is 1.80 bits per heavy atom. The van der Waals surface area contributed by atoms with Crippen molar-refractivity contribution in [3.05, 3.63) is 106 Å². The lowest BCUT2D eigenvalue weighted by Crippen LogP contribution is -2.38. The first-order valence-corrected chi connectivity index (χ1v) is 14.5. The van der Waals surface area contributed by atoms with Crippen LogP contribution in [0.5, 0.6) is 0 Å². The summed E-state index contributed by atoms with van der Waals surface area (Å²) >= 11 is 12.8. The van der Waals surface area contributed by atoms with Crippen LogP contribution >= 0.6 is 23.8 Å². The maximum absolute atomic E-state index is 11.1. The zero-order valence-corrected chi connectivity index (χ0v) is 24.3. The van der Waals surface area contributed by atoms with Gasteiger partial charge in [0.1, 0.15) is 17.6 Å². The largest absolute Gasteiger partial charge is 0.459 e. The standard InChI is InChI=1S/C31H30ClN5O3S/c1-19-15-20(2)18-35(17-19)26-11-10-23(16-24(26)32)36-30(29(34-31(36)41)25-5-3-4-14-33-25)28-13-12-27(40-28)21-6-8-22(9-7-21)37(38)39/h3-14,16,19-20,29-30H,15,17-18H2,1-2H3,(H,34,41)/t19-,20+,29-,30-/m0/s1. The lowest BCUT2D eigenvalue weighted by Gasteiger charge is -2.37. The van der Waals surface area contributed by atoms with E-state index < -0.39 is 4.92 Å². The molecule has 210 valence electrons. The van der Waals surface area contributed by atoms with Gasteiger partial charge in [-0.15, -0.1) is 0 Å². The first-order chi connectivity index (χ1) is 19.8. The molecule has 8 nitrogen and oxygen atoms in total. The molecule has 0 amide bonds. The molecule has 2 aromatic heterocycles. The summed E-state index contributed by atoms with van der Waals surface area (Å²) in [5.74, 6) is 2.50. The van der Waals surface area contributed by atoms with E-state index in [-0.39, 0.29) is 17.8 Å². The summed E-state index contributed by atoms with van der Waals surface area (Å²) in [5.41, 5.74) is 3.48. The summed E-state index contributed by atoms with van der Waals surface area (Å²) in [6.45, 7) is 6.54. The fourth-order valence-electron chi connectivity index (χ4n) is 6.10. The second-order valence-electron chi connectivity index (χ2n) is 11.0. The SMILES string of the molecule is C[C@@H]1C[C@H](C)CN(c2ccc(N3C(=S)N[C@@H](c4ccccn4)[C@@H]3c3ccc(-c4ccc([N+](=O)[O-])cc4)o3)cc2Cl)C1. The number of rotatable bonds is 6. The van der Waals surface area contributed by atoms with Crippen molar-refractivity contribution in [3.63, 3.8) is 0 Å². The third-order valence-corrected chi connectivity index (χ3v) is 8.42. The molecule has 0 radical (unpaired) electrons. The minimum Gasteiger partial charge on any atom is -0.459 e. The number of thiocarbonyl (C=S) groups is 1. The Kier molecular flexibility index (Phi) is 7.40. The van der Waals surface area contributed by atoms with Crippen molar-refractivity contribution in [2.24, 2.45) is 11.8 Å². The van der Waals surface area contributed by atoms with Crippen LogP contribution in [-0.2, 0) is 0 Å². The highest BCUT2D eigenvalue weighted by atomic mass is 35.5. The Hall–Kier alpha value is -3.95. The smallest absolute Gasteiger partial charge is 0.269 e. The molecular formula is C31H30ClN5O3S. The number of anilines is 2. The number of pyridine rings is 1. The van der Waals surface area contributed by atoms with Crippen molar-refractivity contribution in [3.8, 4) is 11.3 Å². The topological polar surface area (TPSA) is 87.7 Å². The minimum atomic E-state index is -0.416. The third kappa shape index (κ3) is 5.39. The van der Waals surface area contributed by atoms with Crippen LogP contribution in [0.25, 0.3) is 11.3 Å². The highest BCUT2D eigenvalue weighted by Gasteiger charge is 2.43. The number of nitro groups is 1. The number of hydrogen-bond donors (Lipinski definition) is 1. The first kappa shape index (κ1) is 27.2. The Labute approximate surface area is 249 Å². The molecule has 0 saturated carbocycles. The number of nitrogens with one attached hydrogen (secondary N) is 1. The van der Waals surface area contributed by atoms with E-state index in [1.54, 1.807) is 18.3 Å². The molecule has 10 heteroatoms. The number of hydrogen-bond acceptors (Lipinski definition) is 6. The van der Waals surface area contributed by atoms with Crippen molar-refractivity contribution < 1.29 is 9.34 Å². The van der Waals surface area contributed by atoms with Crippen molar-refractivity contribution >= 4 is 46.0 Å². The fraction of sp³-hybridized carbons (Fsp3) is 0.290. The predicted octanol–water partition coefficient (Wildman–Crippen LogP) is 7.56. The average Bonchev–Trinajstić information content (AvgIpc) is 3.57. The molecule has 0 unspecified atom stereocenters. The molecule has 2 aromatic carbocycles. The maximum Gasteiger partial charge on any atom is 0.269 e. The van der Waals surface area contributed by atoms with Gasteiger partial charge >= 0.3 is 0 Å². The molecule has 41 heavy (non-hydrogen) atoms. The van der Waals surface area contributed by atoms with Gasteiger partial charge in [0.15, 0.2) is 5.11 Å². The van der Waals surface area contributed by atoms with Gasteiger partial charge < -0.3 is 19.5 Å². The van der Waals surface area contributed by atoms with E-state index in [4.69, 9.17) is 28.2 Å². The molecule has 2 aliphatic rings. The van der Waals surface area contributed by atoms with Crippen molar-refractivity contribution in [2.75, 3.05) is 22.9 Å². The summed E-state index contributed by atoms with van der Waals surface area (Å²) in [4.78, 5) is 19.7. The third-order valence-electron chi connectivity index (χ3n) is 7.80. The molecule has 1 N–H and O–H groups in total. The predicted molar refractivity (Wildman–Crippen MR) is 165 cm³/mol. The summed E-state index contributed by atoms with van der Waals surface area (Å²) in [7, 11) is 0. The van der Waals surface area contributed by atoms with Crippen LogP contribution in [-0.4, -0.2) is 28.1 Å². The van der Waals surface area contributed by atoms with Crippen LogP contribution in [0.15, 0.2) is 83.4 Å². The number of furan rings is 1. The second kappa shape index (κ2) is 11.1. The normalized spacial score (nSPS) is 22.6. The Morgan fingerprint density at radius 1 is 1.05 bits per heavy atom. The van der Waals surface area contributed by atoms with E-state index in [0.29, 0.717) is 33.5 Å². The highest BCUT2D eigenvalue weighted by molar-refractivity contribution is 7.80. The Bertz CT molecular complexity index is 1570. The van der Waals surface area contributed by atoms with Gasteiger partial charge in [-0.2, -0.15) is 0 Å². The van der Waals surface area contributed by atoms with Crippen LogP contribution in [0.3, 0.4) is 0 Å². The highest BCUT2D eigenvalue weighted by Crippen LogP contribution is 2.44. The molecule has 4 heterocycles. The number of benzene rings is 2. The molecule has 6 rings (SSSR count). The number of nitrogens with zero attached hydrogens (tertiary/aromatic N) is 4. The molecule has 2 saturated heterocycles. The number of nitro benzene ring substituents is 1. The molecule has 4 aromatic rings. The van der Waals surface area contributed by atoms with Gasteiger partial charge in [-0.05, 0) is 85.1 Å². The van der Waals surface area contributed by atoms with Crippen LogP contribution in [0.1, 0.15) is 43.8 Å². The molecule has 0 spiro atoms. The number of aromatic nitrogens is 1. The Balaban J connectivity index is 1.37. The van der Waals surface area contributed by atoms with E-state index in [9.17, 15) is 10.1 Å². The van der Waals surface area contributed by atoms with Crippen LogP contribution in [0.2, 0.25) is 5.02 Å². The van der Waals surface area contributed by atoms with Crippen LogP contribution in [0, 0.1) is 22.0 Å². The molecule has 0 bridgehead atoms. The lowest BCUT2D eigenvalue weighted by molar-refractivity contribution is -0.384. The molecule has 2 fully saturated rings. The number of piperidine rings is 1. The first-order valence-electron chi connectivity index (χ1n) is 13.7. The summed E-state index contributed by atoms with van der Waals surface area (Å²) in [6.07, 6.45) is 2.98. The van der Waals surface area contributed by atoms with E-state index in [0.717, 1.165) is 35.7 Å². The number of halogens is 1. The van der Waals surface area contributed by atoms with Gasteiger partial charge in [0, 0.05) is 42.7 Å². The summed E-state index contributed by atoms with van der Waals surface area (Å²) in [5, 5.41) is 15.8. The molecule has 4 atom stereocenters. The van der Waals surface area contributed by atoms with Crippen molar-refractivity contribution in [2.45, 2.75) is 32.4 Å². The van der Waals surface area contributed by atoms with E-state index in [1.807, 2.05) is 41.3 Å². The quantitative estimate of drug-likeness (QED) is 0.140. The van der Waals surface area contributed by atoms with Gasteiger partial charge in [-0.1, -0.05) is 31.5 Å². The van der Waals surface area contributed by atoms with Crippen molar-refractivity contribution in [1.29, 1.82) is 0 Å². The van der Waals surface area contributed by atoms with E-state index in [1.165, 1.54) is 18.6 Å². The van der Waals surface area contributed by atoms with Gasteiger partial charge in [-0.25, -0.2) is 0 Å². The zero-order chi connectivity index (χ0) is 28.7. The number of non-ortho nitro benzene ring substituents is 1. The monoisotopic (exact) mass is 587 g/mol. The average molecular weight is 588 g/mol. The molecule has 0 aliphatic carbocycles. The zero-order valence-electron chi connectivity index (χ0n) is 22.7. The molecular weight excluding hydrogens is 558 g/mol. The second-order valence-corrected chi connectivity index (χ2v) is 11.8. The Morgan fingerprint density at radius 3 is 2.46 bits per heavy atom. The minimum absolute atomic E-state index is 0.0288. The van der Waals surface area contributed by atoms with Gasteiger partial charge in [0.05, 0.1) is 27.4 Å².